The van der Waals surface area contributed by atoms with Crippen molar-refractivity contribution in [2.45, 2.75) is 40.5 Å². The van der Waals surface area contributed by atoms with Crippen LogP contribution in [0.2, 0.25) is 0 Å². The van der Waals surface area contributed by atoms with Gasteiger partial charge < -0.3 is 0 Å². The minimum Gasteiger partial charge on any atom is -0.0804 e. The summed E-state index contributed by atoms with van der Waals surface area (Å²) in [6, 6.07) is 0. The van der Waals surface area contributed by atoms with Crippen LogP contribution in [0.1, 0.15) is 40.5 Å². The third-order valence-corrected chi connectivity index (χ3v) is 4.06. The second-order valence-corrected chi connectivity index (χ2v) is 4.94. The maximum atomic E-state index is 2.45. The lowest BCUT2D eigenvalue weighted by molar-refractivity contribution is 0.495. The number of rotatable bonds is 1. The Labute approximate surface area is 111 Å². The van der Waals surface area contributed by atoms with E-state index in [1.165, 1.54) is 24.0 Å². The van der Waals surface area contributed by atoms with Crippen molar-refractivity contribution in [2.75, 3.05) is 0 Å². The maximum Gasteiger partial charge on any atom is 0.0160 e. The summed E-state index contributed by atoms with van der Waals surface area (Å²) in [6.07, 6.45) is 16.3. The molecule has 0 heteroatoms. The Morgan fingerprint density at radius 2 is 2.00 bits per heavy atom. The zero-order chi connectivity index (χ0) is 13.1. The van der Waals surface area contributed by atoms with Crippen LogP contribution in [0, 0.1) is 11.8 Å². The molecule has 3 rings (SSSR count). The van der Waals surface area contributed by atoms with Gasteiger partial charge in [-0.2, -0.15) is 0 Å². The number of allylic oxidation sites excluding steroid dienone is 10. The first-order chi connectivity index (χ1) is 8.81. The average molecular weight is 240 g/mol. The first-order valence-corrected chi connectivity index (χ1v) is 7.28. The van der Waals surface area contributed by atoms with Crippen LogP contribution in [-0.2, 0) is 0 Å². The van der Waals surface area contributed by atoms with E-state index in [9.17, 15) is 0 Å². The molecule has 0 saturated carbocycles. The van der Waals surface area contributed by atoms with Crippen molar-refractivity contribution in [3.63, 3.8) is 0 Å². The predicted octanol–water partition coefficient (Wildman–Crippen LogP) is 5.37. The first-order valence-electron chi connectivity index (χ1n) is 7.28. The minimum absolute atomic E-state index is 0.648. The third kappa shape index (κ3) is 2.05. The Morgan fingerprint density at radius 3 is 2.72 bits per heavy atom. The summed E-state index contributed by atoms with van der Waals surface area (Å²) in [7, 11) is 0. The van der Waals surface area contributed by atoms with E-state index in [0.717, 1.165) is 0 Å². The van der Waals surface area contributed by atoms with Crippen LogP contribution in [0.3, 0.4) is 0 Å². The van der Waals surface area contributed by atoms with Crippen LogP contribution in [0.15, 0.2) is 58.7 Å². The van der Waals surface area contributed by atoms with Gasteiger partial charge in [-0.05, 0) is 48.0 Å². The Bertz CT molecular complexity index is 466. The molecule has 0 aromatic rings. The molecular formula is C18H24. The fourth-order valence-corrected chi connectivity index (χ4v) is 3.26. The highest BCUT2D eigenvalue weighted by Crippen LogP contribution is 2.46. The summed E-state index contributed by atoms with van der Waals surface area (Å²) in [4.78, 5) is 0. The fraction of sp³-hybridized carbons (Fsp3) is 0.444. The SMILES string of the molecule is CC.CCC1=CCC2C=CC=C3C=CC(C)=C1C32. The molecule has 0 fully saturated rings. The molecule has 0 nitrogen and oxygen atoms in total. The smallest absolute Gasteiger partial charge is 0.0160 e. The highest BCUT2D eigenvalue weighted by Gasteiger charge is 2.33. The Balaban J connectivity index is 0.000000574. The van der Waals surface area contributed by atoms with E-state index in [0.29, 0.717) is 11.8 Å². The summed E-state index contributed by atoms with van der Waals surface area (Å²) in [5.74, 6) is 1.35. The molecule has 0 aliphatic heterocycles. The van der Waals surface area contributed by atoms with Gasteiger partial charge in [0.2, 0.25) is 0 Å². The number of hydrogen-bond acceptors (Lipinski definition) is 0. The molecule has 0 aromatic heterocycles. The quantitative estimate of drug-likeness (QED) is 0.578. The van der Waals surface area contributed by atoms with E-state index in [1.54, 1.807) is 11.1 Å². The van der Waals surface area contributed by atoms with Crippen molar-refractivity contribution in [2.24, 2.45) is 11.8 Å². The molecule has 96 valence electrons. The van der Waals surface area contributed by atoms with Gasteiger partial charge in [-0.3, -0.25) is 0 Å². The van der Waals surface area contributed by atoms with Crippen molar-refractivity contribution in [3.05, 3.63) is 58.7 Å². The van der Waals surface area contributed by atoms with Gasteiger partial charge in [0.1, 0.15) is 0 Å². The van der Waals surface area contributed by atoms with Crippen LogP contribution in [0.5, 0.6) is 0 Å². The van der Waals surface area contributed by atoms with Crippen molar-refractivity contribution in [1.82, 2.24) is 0 Å². The molecule has 2 unspecified atom stereocenters. The second-order valence-electron chi connectivity index (χ2n) is 4.94. The zero-order valence-electron chi connectivity index (χ0n) is 12.0. The van der Waals surface area contributed by atoms with Crippen LogP contribution in [0.4, 0.5) is 0 Å². The largest absolute Gasteiger partial charge is 0.0804 e. The summed E-state index contributed by atoms with van der Waals surface area (Å²) < 4.78 is 0. The van der Waals surface area contributed by atoms with E-state index in [4.69, 9.17) is 0 Å². The van der Waals surface area contributed by atoms with Gasteiger partial charge in [0.05, 0.1) is 0 Å². The van der Waals surface area contributed by atoms with Crippen molar-refractivity contribution >= 4 is 0 Å². The normalized spacial score (nSPS) is 28.0. The summed E-state index contributed by atoms with van der Waals surface area (Å²) in [5.41, 5.74) is 6.16. The van der Waals surface area contributed by atoms with Gasteiger partial charge in [0.25, 0.3) is 0 Å². The summed E-state index contributed by atoms with van der Waals surface area (Å²) in [5, 5.41) is 0. The van der Waals surface area contributed by atoms with Crippen LogP contribution >= 0.6 is 0 Å². The first kappa shape index (κ1) is 13.1. The molecule has 0 radical (unpaired) electrons. The van der Waals surface area contributed by atoms with Crippen molar-refractivity contribution in [1.29, 1.82) is 0 Å². The maximum absolute atomic E-state index is 2.45. The topological polar surface area (TPSA) is 0 Å². The van der Waals surface area contributed by atoms with E-state index in [-0.39, 0.29) is 0 Å². The number of hydrogen-bond donors (Lipinski definition) is 0. The third-order valence-electron chi connectivity index (χ3n) is 4.06. The van der Waals surface area contributed by atoms with Crippen molar-refractivity contribution in [3.8, 4) is 0 Å². The lowest BCUT2D eigenvalue weighted by Crippen LogP contribution is -2.25. The van der Waals surface area contributed by atoms with Crippen molar-refractivity contribution < 1.29 is 0 Å². The molecule has 0 N–H and O–H groups in total. The average Bonchev–Trinajstić information content (AvgIpc) is 2.45. The molecule has 0 saturated heterocycles. The summed E-state index contributed by atoms with van der Waals surface area (Å²) >= 11 is 0. The van der Waals surface area contributed by atoms with Crippen LogP contribution in [-0.4, -0.2) is 0 Å². The second kappa shape index (κ2) is 5.56. The Morgan fingerprint density at radius 1 is 1.22 bits per heavy atom. The molecule has 0 heterocycles. The van der Waals surface area contributed by atoms with Gasteiger partial charge in [-0.15, -0.1) is 0 Å². The molecule has 3 aliphatic rings. The zero-order valence-corrected chi connectivity index (χ0v) is 12.0. The highest BCUT2D eigenvalue weighted by molar-refractivity contribution is 5.55. The lowest BCUT2D eigenvalue weighted by atomic mass is 9.66. The molecule has 0 amide bonds. The van der Waals surface area contributed by atoms with E-state index >= 15 is 0 Å². The summed E-state index contributed by atoms with van der Waals surface area (Å²) in [6.45, 7) is 8.53. The van der Waals surface area contributed by atoms with Crippen LogP contribution in [0.25, 0.3) is 0 Å². The molecule has 18 heavy (non-hydrogen) atoms. The Hall–Kier alpha value is -1.30. The predicted molar refractivity (Wildman–Crippen MR) is 80.4 cm³/mol. The van der Waals surface area contributed by atoms with Gasteiger partial charge in [0.15, 0.2) is 0 Å². The Kier molecular flexibility index (Phi) is 4.06. The van der Waals surface area contributed by atoms with Gasteiger partial charge >= 0.3 is 0 Å². The lowest BCUT2D eigenvalue weighted by Gasteiger charge is -2.38. The highest BCUT2D eigenvalue weighted by atomic mass is 14.4. The van der Waals surface area contributed by atoms with Gasteiger partial charge in [0, 0.05) is 5.92 Å². The van der Waals surface area contributed by atoms with E-state index < -0.39 is 0 Å². The minimum atomic E-state index is 0.648. The molecule has 2 atom stereocenters. The van der Waals surface area contributed by atoms with E-state index in [2.05, 4.69) is 50.3 Å². The van der Waals surface area contributed by atoms with Crippen LogP contribution < -0.4 is 0 Å². The molecule has 0 bridgehead atoms. The molecule has 0 aromatic carbocycles. The fourth-order valence-electron chi connectivity index (χ4n) is 3.26. The van der Waals surface area contributed by atoms with E-state index in [1.807, 2.05) is 13.8 Å². The monoisotopic (exact) mass is 240 g/mol. The molecule has 3 aliphatic carbocycles. The molecular weight excluding hydrogens is 216 g/mol. The van der Waals surface area contributed by atoms with Gasteiger partial charge in [-0.1, -0.05) is 57.2 Å². The molecule has 0 spiro atoms. The standard InChI is InChI=1S/C16H18.C2H6/c1-3-12-9-10-14-6-4-5-13-8-7-11(2)15(12)16(13)14;1-2/h4-9,14,16H,3,10H2,1-2H3;1-2H3. The van der Waals surface area contributed by atoms with Gasteiger partial charge in [-0.25, -0.2) is 0 Å².